The lowest BCUT2D eigenvalue weighted by Crippen LogP contribution is -2.37. The Labute approximate surface area is 224 Å². The van der Waals surface area contributed by atoms with Crippen molar-refractivity contribution in [3.63, 3.8) is 0 Å². The highest BCUT2D eigenvalue weighted by Crippen LogP contribution is 2.38. The highest BCUT2D eigenvalue weighted by atomic mass is 19.4. The van der Waals surface area contributed by atoms with Gasteiger partial charge in [-0.3, -0.25) is 9.48 Å². The number of nitrogens with one attached hydrogen (secondary N) is 2. The minimum absolute atomic E-state index is 0.133. The van der Waals surface area contributed by atoms with Crippen LogP contribution in [0.25, 0.3) is 22.2 Å². The number of halogens is 3. The number of benzene rings is 1. The molecule has 1 saturated heterocycles. The summed E-state index contributed by atoms with van der Waals surface area (Å²) in [6.07, 6.45) is 2.92. The summed E-state index contributed by atoms with van der Waals surface area (Å²) in [5.74, 6) is -0.633. The van der Waals surface area contributed by atoms with Crippen molar-refractivity contribution >= 4 is 16.9 Å². The summed E-state index contributed by atoms with van der Waals surface area (Å²) in [5.41, 5.74) is 5.79. The summed E-state index contributed by atoms with van der Waals surface area (Å²) in [5, 5.41) is 8.36. The molecule has 4 aromatic rings. The molecule has 0 spiro atoms. The minimum atomic E-state index is -4.71. The van der Waals surface area contributed by atoms with Gasteiger partial charge in [-0.15, -0.1) is 0 Å². The molecule has 39 heavy (non-hydrogen) atoms. The number of hydrogen-bond donors (Lipinski definition) is 2. The Balaban J connectivity index is 1.38. The highest BCUT2D eigenvalue weighted by molar-refractivity contribution is 5.95. The van der Waals surface area contributed by atoms with Crippen LogP contribution < -0.4 is 5.32 Å². The van der Waals surface area contributed by atoms with Crippen LogP contribution in [-0.2, 0) is 19.1 Å². The topological polar surface area (TPSA) is 78.8 Å². The van der Waals surface area contributed by atoms with Crippen molar-refractivity contribution in [3.05, 3.63) is 70.3 Å². The Morgan fingerprint density at radius 3 is 2.72 bits per heavy atom. The van der Waals surface area contributed by atoms with Gasteiger partial charge in [-0.2, -0.15) is 18.3 Å². The van der Waals surface area contributed by atoms with Crippen LogP contribution in [0.3, 0.4) is 0 Å². The Kier molecular flexibility index (Phi) is 6.25. The van der Waals surface area contributed by atoms with Crippen LogP contribution in [0.4, 0.5) is 13.2 Å². The number of carbonyl (C=O) groups is 1. The summed E-state index contributed by atoms with van der Waals surface area (Å²) >= 11 is 0. The van der Waals surface area contributed by atoms with Crippen LogP contribution in [0.15, 0.2) is 36.8 Å². The van der Waals surface area contributed by atoms with E-state index < -0.39 is 23.3 Å². The Morgan fingerprint density at radius 2 is 2.00 bits per heavy atom. The number of aryl methyl sites for hydroxylation is 1. The first-order valence-electron chi connectivity index (χ1n) is 13.4. The number of aromatic nitrogens is 4. The molecule has 3 aromatic heterocycles. The van der Waals surface area contributed by atoms with Crippen molar-refractivity contribution in [1.29, 1.82) is 0 Å². The lowest BCUT2D eigenvalue weighted by Gasteiger charge is -2.32. The first kappa shape index (κ1) is 25.6. The zero-order valence-electron chi connectivity index (χ0n) is 22.2. The fourth-order valence-electron chi connectivity index (χ4n) is 5.78. The van der Waals surface area contributed by atoms with E-state index in [1.807, 2.05) is 19.3 Å². The van der Waals surface area contributed by atoms with E-state index in [0.717, 1.165) is 63.8 Å². The van der Waals surface area contributed by atoms with Gasteiger partial charge in [-0.25, -0.2) is 4.98 Å². The van der Waals surface area contributed by atoms with Gasteiger partial charge in [0.25, 0.3) is 5.91 Å². The minimum Gasteiger partial charge on any atom is -0.346 e. The average molecular weight is 537 g/mol. The van der Waals surface area contributed by atoms with Gasteiger partial charge in [-0.05, 0) is 86.5 Å². The second-order valence-corrected chi connectivity index (χ2v) is 10.9. The van der Waals surface area contributed by atoms with Crippen molar-refractivity contribution in [1.82, 2.24) is 30.0 Å². The lowest BCUT2D eigenvalue weighted by molar-refractivity contribution is -0.142. The number of alkyl halides is 3. The van der Waals surface area contributed by atoms with E-state index >= 15 is 0 Å². The Morgan fingerprint density at radius 1 is 1.18 bits per heavy atom. The molecule has 1 atom stereocenters. The third-order valence-electron chi connectivity index (χ3n) is 7.93. The van der Waals surface area contributed by atoms with Crippen LogP contribution in [0.2, 0.25) is 0 Å². The molecule has 1 aromatic carbocycles. The number of nitrogens with zero attached hydrogens (tertiary/aromatic N) is 4. The van der Waals surface area contributed by atoms with E-state index in [1.54, 1.807) is 13.8 Å². The standard InChI is InChI=1S/C29H31F3N6O/c1-16(2)38-15-24(26(36-38)29(30,31)32)28(39)37-8-6-18-9-19(10-22(23(18)14-37)25-5-4-7-33-25)20-11-21-17(3)12-34-27(21)35-13-20/h9-13,15-16,25,33H,4-8,14H2,1-3H3,(H,34,35). The molecule has 10 heteroatoms. The van der Waals surface area contributed by atoms with E-state index in [9.17, 15) is 18.0 Å². The van der Waals surface area contributed by atoms with Crippen LogP contribution >= 0.6 is 0 Å². The average Bonchev–Trinajstić information content (AvgIpc) is 3.67. The smallest absolute Gasteiger partial charge is 0.346 e. The number of aromatic amines is 1. The van der Waals surface area contributed by atoms with E-state index in [-0.39, 0.29) is 18.6 Å². The Hall–Kier alpha value is -3.66. The molecule has 5 heterocycles. The van der Waals surface area contributed by atoms with Crippen molar-refractivity contribution < 1.29 is 18.0 Å². The summed E-state index contributed by atoms with van der Waals surface area (Å²) < 4.78 is 42.6. The van der Waals surface area contributed by atoms with Gasteiger partial charge in [0.2, 0.25) is 0 Å². The first-order chi connectivity index (χ1) is 18.6. The van der Waals surface area contributed by atoms with Crippen LogP contribution in [0.1, 0.15) is 77.1 Å². The van der Waals surface area contributed by atoms with Crippen molar-refractivity contribution in [2.75, 3.05) is 13.1 Å². The van der Waals surface area contributed by atoms with Crippen molar-refractivity contribution in [2.24, 2.45) is 0 Å². The molecule has 1 fully saturated rings. The number of pyridine rings is 1. The summed E-state index contributed by atoms with van der Waals surface area (Å²) in [4.78, 5) is 22.8. The monoisotopic (exact) mass is 536 g/mol. The molecule has 6 rings (SSSR count). The second-order valence-electron chi connectivity index (χ2n) is 10.9. The molecule has 1 amide bonds. The number of fused-ring (bicyclic) bond motifs is 2. The third kappa shape index (κ3) is 4.60. The number of amides is 1. The van der Waals surface area contributed by atoms with E-state index in [2.05, 4.69) is 38.6 Å². The number of hydrogen-bond acceptors (Lipinski definition) is 4. The van der Waals surface area contributed by atoms with Crippen molar-refractivity contribution in [3.8, 4) is 11.1 Å². The zero-order valence-corrected chi connectivity index (χ0v) is 22.2. The first-order valence-corrected chi connectivity index (χ1v) is 13.4. The van der Waals surface area contributed by atoms with Gasteiger partial charge in [0.15, 0.2) is 5.69 Å². The summed E-state index contributed by atoms with van der Waals surface area (Å²) in [7, 11) is 0. The third-order valence-corrected chi connectivity index (χ3v) is 7.93. The van der Waals surface area contributed by atoms with Crippen molar-refractivity contribution in [2.45, 2.75) is 64.8 Å². The molecule has 0 bridgehead atoms. The second kappa shape index (κ2) is 9.51. The molecule has 0 aliphatic carbocycles. The molecule has 0 radical (unpaired) electrons. The molecule has 204 valence electrons. The van der Waals surface area contributed by atoms with Gasteiger partial charge < -0.3 is 15.2 Å². The fourth-order valence-corrected chi connectivity index (χ4v) is 5.78. The van der Waals surface area contributed by atoms with Crippen LogP contribution in [-0.4, -0.2) is 43.6 Å². The van der Waals surface area contributed by atoms with Gasteiger partial charge in [0.05, 0.1) is 5.56 Å². The summed E-state index contributed by atoms with van der Waals surface area (Å²) in [6, 6.07) is 6.30. The molecular formula is C29H31F3N6O. The Bertz CT molecular complexity index is 1560. The predicted molar refractivity (Wildman–Crippen MR) is 142 cm³/mol. The molecule has 2 aliphatic heterocycles. The molecular weight excluding hydrogens is 505 g/mol. The summed E-state index contributed by atoms with van der Waals surface area (Å²) in [6.45, 7) is 7.03. The molecule has 0 saturated carbocycles. The van der Waals surface area contributed by atoms with Gasteiger partial charge in [0.1, 0.15) is 5.65 Å². The number of H-pyrrole nitrogens is 1. The zero-order chi connectivity index (χ0) is 27.5. The maximum absolute atomic E-state index is 13.8. The fraction of sp³-hybridized carbons (Fsp3) is 0.414. The number of rotatable bonds is 4. The van der Waals surface area contributed by atoms with Gasteiger partial charge >= 0.3 is 6.18 Å². The largest absolute Gasteiger partial charge is 0.435 e. The molecule has 2 aliphatic rings. The maximum atomic E-state index is 13.8. The predicted octanol–water partition coefficient (Wildman–Crippen LogP) is 5.96. The number of carbonyl (C=O) groups excluding carboxylic acids is 1. The molecule has 7 nitrogen and oxygen atoms in total. The molecule has 1 unspecified atom stereocenters. The van der Waals surface area contributed by atoms with Gasteiger partial charge in [-0.1, -0.05) is 6.07 Å². The van der Waals surface area contributed by atoms with Crippen LogP contribution in [0.5, 0.6) is 0 Å². The normalized spacial score (nSPS) is 17.8. The highest BCUT2D eigenvalue weighted by Gasteiger charge is 2.41. The maximum Gasteiger partial charge on any atom is 0.435 e. The lowest BCUT2D eigenvalue weighted by atomic mass is 9.87. The van der Waals surface area contributed by atoms with E-state index in [0.29, 0.717) is 13.0 Å². The van der Waals surface area contributed by atoms with E-state index in [1.165, 1.54) is 15.8 Å². The van der Waals surface area contributed by atoms with E-state index in [4.69, 9.17) is 0 Å². The SMILES string of the molecule is Cc1c[nH]c2ncc(-c3cc4c(c(C5CCCN5)c3)CN(C(=O)c3cn(C(C)C)nc3C(F)(F)F)CC4)cc12. The van der Waals surface area contributed by atoms with Gasteiger partial charge in [0, 0.05) is 54.7 Å². The quantitative estimate of drug-likeness (QED) is 0.338. The van der Waals surface area contributed by atoms with Crippen LogP contribution in [0, 0.1) is 6.92 Å². The molecule has 2 N–H and O–H groups in total.